The number of aromatic nitrogens is 2. The highest BCUT2D eigenvalue weighted by molar-refractivity contribution is 7.99. The summed E-state index contributed by atoms with van der Waals surface area (Å²) in [4.78, 5) is 11.0. The number of para-hydroxylation sites is 1. The summed E-state index contributed by atoms with van der Waals surface area (Å²) in [5, 5.41) is 19.5. The van der Waals surface area contributed by atoms with Gasteiger partial charge in [-0.3, -0.25) is 10.1 Å². The Labute approximate surface area is 134 Å². The predicted molar refractivity (Wildman–Crippen MR) is 82.0 cm³/mol. The average Bonchev–Trinajstić information content (AvgIpc) is 2.96. The standard InChI is InChI=1S/C14H8ClN3O3S/c15-10-6-2-1-5-9(10)13-16-17-14(21-13)22-12-8-4-3-7-11(12)18(19)20/h1-8H. The van der Waals surface area contributed by atoms with E-state index in [4.69, 9.17) is 16.0 Å². The highest BCUT2D eigenvalue weighted by Crippen LogP contribution is 2.35. The van der Waals surface area contributed by atoms with Crippen molar-refractivity contribution in [2.75, 3.05) is 0 Å². The second-order valence-electron chi connectivity index (χ2n) is 4.18. The zero-order valence-electron chi connectivity index (χ0n) is 11.0. The molecule has 3 rings (SSSR count). The van der Waals surface area contributed by atoms with Crippen molar-refractivity contribution >= 4 is 29.1 Å². The fourth-order valence-electron chi connectivity index (χ4n) is 1.78. The van der Waals surface area contributed by atoms with Crippen LogP contribution in [0.5, 0.6) is 0 Å². The Morgan fingerprint density at radius 2 is 1.82 bits per heavy atom. The molecule has 1 heterocycles. The number of hydrogen-bond donors (Lipinski definition) is 0. The van der Waals surface area contributed by atoms with E-state index in [1.807, 2.05) is 0 Å². The molecule has 3 aromatic rings. The highest BCUT2D eigenvalue weighted by Gasteiger charge is 2.18. The molecule has 0 fully saturated rings. The molecule has 0 aliphatic carbocycles. The molecule has 0 amide bonds. The first-order valence-electron chi connectivity index (χ1n) is 6.15. The topological polar surface area (TPSA) is 82.1 Å². The lowest BCUT2D eigenvalue weighted by atomic mass is 10.2. The SMILES string of the molecule is O=[N+]([O-])c1ccccc1Sc1nnc(-c2ccccc2Cl)o1. The van der Waals surface area contributed by atoms with E-state index in [1.165, 1.54) is 6.07 Å². The van der Waals surface area contributed by atoms with E-state index < -0.39 is 4.92 Å². The molecule has 0 radical (unpaired) electrons. The van der Waals surface area contributed by atoms with Crippen LogP contribution in [0.15, 0.2) is 63.1 Å². The third-order valence-electron chi connectivity index (χ3n) is 2.77. The summed E-state index contributed by atoms with van der Waals surface area (Å²) >= 11 is 7.11. The summed E-state index contributed by atoms with van der Waals surface area (Å²) in [5.41, 5.74) is 0.607. The van der Waals surface area contributed by atoms with Gasteiger partial charge in [-0.05, 0) is 30.0 Å². The van der Waals surface area contributed by atoms with Crippen molar-refractivity contribution in [1.82, 2.24) is 10.2 Å². The molecule has 0 saturated heterocycles. The summed E-state index contributed by atoms with van der Waals surface area (Å²) in [6, 6.07) is 13.4. The van der Waals surface area contributed by atoms with Crippen molar-refractivity contribution in [3.8, 4) is 11.5 Å². The molecule has 2 aromatic carbocycles. The molecule has 0 atom stereocenters. The highest BCUT2D eigenvalue weighted by atomic mass is 35.5. The minimum absolute atomic E-state index is 0.00927. The van der Waals surface area contributed by atoms with Gasteiger partial charge in [-0.1, -0.05) is 35.9 Å². The Morgan fingerprint density at radius 1 is 1.09 bits per heavy atom. The van der Waals surface area contributed by atoms with E-state index in [0.29, 0.717) is 15.5 Å². The van der Waals surface area contributed by atoms with Gasteiger partial charge in [0.1, 0.15) is 0 Å². The van der Waals surface area contributed by atoms with E-state index in [-0.39, 0.29) is 16.8 Å². The van der Waals surface area contributed by atoms with E-state index in [1.54, 1.807) is 42.5 Å². The van der Waals surface area contributed by atoms with Crippen molar-refractivity contribution in [2.24, 2.45) is 0 Å². The number of nitro groups is 1. The zero-order valence-corrected chi connectivity index (χ0v) is 12.5. The van der Waals surface area contributed by atoms with E-state index in [0.717, 1.165) is 11.8 Å². The molecule has 1 aromatic heterocycles. The molecule has 0 aliphatic heterocycles. The lowest BCUT2D eigenvalue weighted by molar-refractivity contribution is -0.387. The van der Waals surface area contributed by atoms with Crippen LogP contribution in [0.3, 0.4) is 0 Å². The second-order valence-corrected chi connectivity index (χ2v) is 5.58. The second kappa shape index (κ2) is 6.17. The van der Waals surface area contributed by atoms with Crippen LogP contribution in [0.25, 0.3) is 11.5 Å². The van der Waals surface area contributed by atoms with Gasteiger partial charge in [0.25, 0.3) is 10.9 Å². The number of benzene rings is 2. The molecule has 0 N–H and O–H groups in total. The summed E-state index contributed by atoms with van der Waals surface area (Å²) in [5.74, 6) is 0.270. The van der Waals surface area contributed by atoms with E-state index in [9.17, 15) is 10.1 Å². The van der Waals surface area contributed by atoms with Crippen LogP contribution in [0, 0.1) is 10.1 Å². The summed E-state index contributed by atoms with van der Waals surface area (Å²) in [6.45, 7) is 0. The maximum atomic E-state index is 11.0. The Kier molecular flexibility index (Phi) is 4.08. The van der Waals surface area contributed by atoms with Crippen LogP contribution in [0.2, 0.25) is 5.02 Å². The first-order valence-corrected chi connectivity index (χ1v) is 7.34. The number of nitrogens with zero attached hydrogens (tertiary/aromatic N) is 3. The van der Waals surface area contributed by atoms with Crippen LogP contribution in [0.4, 0.5) is 5.69 Å². The Bertz CT molecular complexity index is 837. The van der Waals surface area contributed by atoms with Crippen LogP contribution in [0.1, 0.15) is 0 Å². The van der Waals surface area contributed by atoms with E-state index >= 15 is 0 Å². The largest absolute Gasteiger partial charge is 0.411 e. The molecular formula is C14H8ClN3O3S. The van der Waals surface area contributed by atoms with Gasteiger partial charge >= 0.3 is 0 Å². The van der Waals surface area contributed by atoms with Crippen molar-refractivity contribution in [3.63, 3.8) is 0 Å². The molecule has 0 saturated carbocycles. The van der Waals surface area contributed by atoms with Crippen molar-refractivity contribution in [1.29, 1.82) is 0 Å². The molecular weight excluding hydrogens is 326 g/mol. The van der Waals surface area contributed by atoms with Gasteiger partial charge in [0.15, 0.2) is 0 Å². The van der Waals surface area contributed by atoms with Gasteiger partial charge in [0.05, 0.1) is 20.4 Å². The normalized spacial score (nSPS) is 10.6. The lowest BCUT2D eigenvalue weighted by Crippen LogP contribution is -1.89. The van der Waals surface area contributed by atoms with Crippen molar-refractivity contribution in [3.05, 3.63) is 63.7 Å². The van der Waals surface area contributed by atoms with Crippen LogP contribution in [-0.2, 0) is 0 Å². The Hall–Kier alpha value is -2.38. The molecule has 0 aliphatic rings. The van der Waals surface area contributed by atoms with Gasteiger partial charge in [-0.25, -0.2) is 0 Å². The number of halogens is 1. The quantitative estimate of drug-likeness (QED) is 0.518. The van der Waals surface area contributed by atoms with Crippen LogP contribution >= 0.6 is 23.4 Å². The fourth-order valence-corrected chi connectivity index (χ4v) is 2.78. The summed E-state index contributed by atoms with van der Waals surface area (Å²) in [6.07, 6.45) is 0. The first-order chi connectivity index (χ1) is 10.6. The predicted octanol–water partition coefficient (Wildman–Crippen LogP) is 4.45. The van der Waals surface area contributed by atoms with Gasteiger partial charge in [-0.15, -0.1) is 10.2 Å². The molecule has 0 spiro atoms. The summed E-state index contributed by atoms with van der Waals surface area (Å²) in [7, 11) is 0. The fraction of sp³-hybridized carbons (Fsp3) is 0. The van der Waals surface area contributed by atoms with Gasteiger partial charge in [0.2, 0.25) is 5.89 Å². The minimum atomic E-state index is -0.451. The maximum absolute atomic E-state index is 11.0. The third-order valence-corrected chi connectivity index (χ3v) is 4.00. The molecule has 0 unspecified atom stereocenters. The number of nitro benzene ring substituents is 1. The maximum Gasteiger partial charge on any atom is 0.283 e. The zero-order chi connectivity index (χ0) is 15.5. The van der Waals surface area contributed by atoms with Gasteiger partial charge in [-0.2, -0.15) is 0 Å². The van der Waals surface area contributed by atoms with Gasteiger partial charge < -0.3 is 4.42 Å². The molecule has 0 bridgehead atoms. The number of hydrogen-bond acceptors (Lipinski definition) is 6. The van der Waals surface area contributed by atoms with E-state index in [2.05, 4.69) is 10.2 Å². The minimum Gasteiger partial charge on any atom is -0.411 e. The average molecular weight is 334 g/mol. The van der Waals surface area contributed by atoms with Crippen molar-refractivity contribution in [2.45, 2.75) is 10.1 Å². The third kappa shape index (κ3) is 2.95. The van der Waals surface area contributed by atoms with Crippen LogP contribution in [-0.4, -0.2) is 15.1 Å². The Balaban J connectivity index is 1.90. The molecule has 22 heavy (non-hydrogen) atoms. The van der Waals surface area contributed by atoms with Crippen molar-refractivity contribution < 1.29 is 9.34 Å². The first kappa shape index (κ1) is 14.6. The van der Waals surface area contributed by atoms with Gasteiger partial charge in [0, 0.05) is 6.07 Å². The summed E-state index contributed by atoms with van der Waals surface area (Å²) < 4.78 is 5.52. The molecule has 110 valence electrons. The monoisotopic (exact) mass is 333 g/mol. The Morgan fingerprint density at radius 3 is 2.59 bits per heavy atom. The molecule has 8 heteroatoms. The smallest absolute Gasteiger partial charge is 0.283 e. The molecule has 6 nitrogen and oxygen atoms in total. The van der Waals surface area contributed by atoms with Crippen LogP contribution < -0.4 is 0 Å². The number of rotatable bonds is 4. The lowest BCUT2D eigenvalue weighted by Gasteiger charge is -1.99.